The van der Waals surface area contributed by atoms with E-state index in [1.807, 2.05) is 23.1 Å². The molecule has 5 heteroatoms. The van der Waals surface area contributed by atoms with Crippen molar-refractivity contribution in [1.29, 1.82) is 0 Å². The molecule has 2 aromatic carbocycles. The molecule has 1 heterocycles. The predicted octanol–water partition coefficient (Wildman–Crippen LogP) is 3.04. The molecule has 2 aliphatic rings. The highest BCUT2D eigenvalue weighted by Gasteiger charge is 2.46. The number of hydrogen-bond acceptors (Lipinski definition) is 3. The number of likely N-dealkylation sites (tertiary alicyclic amines) is 1. The first-order valence-electron chi connectivity index (χ1n) is 10.1. The van der Waals surface area contributed by atoms with E-state index in [1.54, 1.807) is 24.3 Å². The van der Waals surface area contributed by atoms with Gasteiger partial charge >= 0.3 is 0 Å². The highest BCUT2D eigenvalue weighted by Crippen LogP contribution is 2.48. The van der Waals surface area contributed by atoms with Crippen LogP contribution in [0.25, 0.3) is 0 Å². The second-order valence-corrected chi connectivity index (χ2v) is 7.96. The van der Waals surface area contributed by atoms with Crippen LogP contribution in [0.5, 0.6) is 0 Å². The number of carbonyl (C=O) groups excluding carboxylic acids is 2. The summed E-state index contributed by atoms with van der Waals surface area (Å²) in [5, 5.41) is 3.01. The third kappa shape index (κ3) is 4.19. The van der Waals surface area contributed by atoms with E-state index in [0.717, 1.165) is 32.4 Å². The van der Waals surface area contributed by atoms with Gasteiger partial charge in [0.1, 0.15) is 0 Å². The van der Waals surface area contributed by atoms with Crippen molar-refractivity contribution in [1.82, 2.24) is 10.2 Å². The molecule has 0 bridgehead atoms. The molecular weight excluding hydrogens is 350 g/mol. The summed E-state index contributed by atoms with van der Waals surface area (Å²) >= 11 is 0. The zero-order valence-corrected chi connectivity index (χ0v) is 16.0. The van der Waals surface area contributed by atoms with Crippen molar-refractivity contribution in [2.24, 2.45) is 11.8 Å². The molecule has 0 aromatic heterocycles. The van der Waals surface area contributed by atoms with Crippen LogP contribution in [0.1, 0.15) is 41.1 Å². The van der Waals surface area contributed by atoms with E-state index in [-0.39, 0.29) is 11.8 Å². The fraction of sp³-hybridized carbons (Fsp3) is 0.391. The first-order chi connectivity index (χ1) is 13.6. The summed E-state index contributed by atoms with van der Waals surface area (Å²) in [6, 6.07) is 17.3. The molecule has 1 saturated heterocycles. The van der Waals surface area contributed by atoms with Crippen LogP contribution in [-0.4, -0.2) is 36.3 Å². The Kier molecular flexibility index (Phi) is 5.33. The van der Waals surface area contributed by atoms with Gasteiger partial charge in [-0.2, -0.15) is 0 Å². The van der Waals surface area contributed by atoms with Crippen LogP contribution in [0.4, 0.5) is 5.69 Å². The summed E-state index contributed by atoms with van der Waals surface area (Å²) in [5.41, 5.74) is 8.22. The Morgan fingerprint density at radius 1 is 1.00 bits per heavy atom. The van der Waals surface area contributed by atoms with E-state index in [2.05, 4.69) is 17.4 Å². The molecule has 2 atom stereocenters. The molecule has 0 unspecified atom stereocenters. The van der Waals surface area contributed by atoms with Gasteiger partial charge in [-0.05, 0) is 60.9 Å². The minimum atomic E-state index is -0.0674. The molecule has 0 radical (unpaired) electrons. The van der Waals surface area contributed by atoms with E-state index >= 15 is 0 Å². The molecule has 3 N–H and O–H groups in total. The Morgan fingerprint density at radius 3 is 2.36 bits per heavy atom. The van der Waals surface area contributed by atoms with Gasteiger partial charge in [-0.3, -0.25) is 9.59 Å². The quantitative estimate of drug-likeness (QED) is 0.787. The minimum absolute atomic E-state index is 0.0674. The number of anilines is 1. The first kappa shape index (κ1) is 18.5. The lowest BCUT2D eigenvalue weighted by Gasteiger charge is -2.32. The minimum Gasteiger partial charge on any atom is -0.399 e. The largest absolute Gasteiger partial charge is 0.399 e. The Balaban J connectivity index is 1.21. The SMILES string of the molecule is Nc1ccc(C(=O)NCC2CCN(C(=O)[C@@H]3C[C@H]3c3ccccc3)CC2)cc1. The smallest absolute Gasteiger partial charge is 0.251 e. The Labute approximate surface area is 165 Å². The van der Waals surface area contributed by atoms with E-state index in [0.29, 0.717) is 35.5 Å². The van der Waals surface area contributed by atoms with Crippen LogP contribution in [0, 0.1) is 11.8 Å². The summed E-state index contributed by atoms with van der Waals surface area (Å²) in [6.07, 6.45) is 2.85. The zero-order valence-electron chi connectivity index (χ0n) is 16.0. The molecule has 146 valence electrons. The van der Waals surface area contributed by atoms with Crippen molar-refractivity contribution >= 4 is 17.5 Å². The highest BCUT2D eigenvalue weighted by molar-refractivity contribution is 5.94. The number of benzene rings is 2. The standard InChI is InChI=1S/C23H27N3O2/c24-19-8-6-18(7-9-19)22(27)25-15-16-10-12-26(13-11-16)23(28)21-14-20(21)17-4-2-1-3-5-17/h1-9,16,20-21H,10-15,24H2,(H,25,27)/t20-,21+/m0/s1. The van der Waals surface area contributed by atoms with Gasteiger partial charge in [0, 0.05) is 36.8 Å². The number of nitrogens with one attached hydrogen (secondary N) is 1. The number of nitrogens with two attached hydrogens (primary N) is 1. The van der Waals surface area contributed by atoms with Crippen LogP contribution in [0.15, 0.2) is 54.6 Å². The molecule has 2 amide bonds. The highest BCUT2D eigenvalue weighted by atomic mass is 16.2. The Morgan fingerprint density at radius 2 is 1.68 bits per heavy atom. The van der Waals surface area contributed by atoms with Crippen molar-refractivity contribution in [2.75, 3.05) is 25.4 Å². The van der Waals surface area contributed by atoms with E-state index in [4.69, 9.17) is 5.73 Å². The normalized spacial score (nSPS) is 21.9. The topological polar surface area (TPSA) is 75.4 Å². The van der Waals surface area contributed by atoms with Gasteiger partial charge in [0.25, 0.3) is 5.91 Å². The monoisotopic (exact) mass is 377 g/mol. The van der Waals surface area contributed by atoms with Crippen LogP contribution in [0.3, 0.4) is 0 Å². The van der Waals surface area contributed by atoms with Crippen molar-refractivity contribution in [2.45, 2.75) is 25.2 Å². The number of rotatable bonds is 5. The number of nitrogen functional groups attached to an aromatic ring is 1. The fourth-order valence-corrected chi connectivity index (χ4v) is 4.10. The molecule has 2 fully saturated rings. The third-order valence-electron chi connectivity index (χ3n) is 5.99. The first-order valence-corrected chi connectivity index (χ1v) is 10.1. The summed E-state index contributed by atoms with van der Waals surface area (Å²) < 4.78 is 0. The lowest BCUT2D eigenvalue weighted by Crippen LogP contribution is -2.42. The number of carbonyl (C=O) groups is 2. The fourth-order valence-electron chi connectivity index (χ4n) is 4.10. The number of nitrogens with zero attached hydrogens (tertiary/aromatic N) is 1. The van der Waals surface area contributed by atoms with Crippen molar-refractivity contribution in [3.8, 4) is 0 Å². The van der Waals surface area contributed by atoms with Crippen molar-refractivity contribution in [3.05, 3.63) is 65.7 Å². The Hall–Kier alpha value is -2.82. The molecule has 1 aliphatic heterocycles. The number of amides is 2. The van der Waals surface area contributed by atoms with Gasteiger partial charge in [0.2, 0.25) is 5.91 Å². The molecule has 1 aliphatic carbocycles. The predicted molar refractivity (Wildman–Crippen MR) is 110 cm³/mol. The molecular formula is C23H27N3O2. The molecule has 5 nitrogen and oxygen atoms in total. The number of piperidine rings is 1. The maximum atomic E-state index is 12.8. The second-order valence-electron chi connectivity index (χ2n) is 7.96. The van der Waals surface area contributed by atoms with E-state index in [9.17, 15) is 9.59 Å². The average molecular weight is 377 g/mol. The summed E-state index contributed by atoms with van der Waals surface area (Å²) in [5.74, 6) is 1.21. The van der Waals surface area contributed by atoms with Gasteiger partial charge in [-0.15, -0.1) is 0 Å². The zero-order chi connectivity index (χ0) is 19.5. The third-order valence-corrected chi connectivity index (χ3v) is 5.99. The van der Waals surface area contributed by atoms with Gasteiger partial charge in [-0.25, -0.2) is 0 Å². The van der Waals surface area contributed by atoms with Gasteiger partial charge < -0.3 is 16.0 Å². The van der Waals surface area contributed by atoms with Crippen LogP contribution < -0.4 is 11.1 Å². The van der Waals surface area contributed by atoms with Gasteiger partial charge in [-0.1, -0.05) is 30.3 Å². The average Bonchev–Trinajstić information content (AvgIpc) is 3.54. The maximum absolute atomic E-state index is 12.8. The summed E-state index contributed by atoms with van der Waals surface area (Å²) in [6.45, 7) is 2.24. The molecule has 28 heavy (non-hydrogen) atoms. The summed E-state index contributed by atoms with van der Waals surface area (Å²) in [4.78, 5) is 27.0. The lowest BCUT2D eigenvalue weighted by atomic mass is 9.96. The van der Waals surface area contributed by atoms with Crippen molar-refractivity contribution in [3.63, 3.8) is 0 Å². The second kappa shape index (κ2) is 8.05. The van der Waals surface area contributed by atoms with Crippen LogP contribution in [-0.2, 0) is 4.79 Å². The molecule has 2 aromatic rings. The van der Waals surface area contributed by atoms with Crippen LogP contribution in [0.2, 0.25) is 0 Å². The Bertz CT molecular complexity index is 827. The molecule has 0 spiro atoms. The van der Waals surface area contributed by atoms with Crippen LogP contribution >= 0.6 is 0 Å². The van der Waals surface area contributed by atoms with Gasteiger partial charge in [0.05, 0.1) is 0 Å². The van der Waals surface area contributed by atoms with Crippen molar-refractivity contribution < 1.29 is 9.59 Å². The van der Waals surface area contributed by atoms with E-state index in [1.165, 1.54) is 5.56 Å². The number of hydrogen-bond donors (Lipinski definition) is 2. The summed E-state index contributed by atoms with van der Waals surface area (Å²) in [7, 11) is 0. The molecule has 4 rings (SSSR count). The van der Waals surface area contributed by atoms with E-state index < -0.39 is 0 Å². The van der Waals surface area contributed by atoms with Gasteiger partial charge in [0.15, 0.2) is 0 Å². The molecule has 1 saturated carbocycles. The lowest BCUT2D eigenvalue weighted by molar-refractivity contribution is -0.134. The maximum Gasteiger partial charge on any atom is 0.251 e.